The van der Waals surface area contributed by atoms with Crippen molar-refractivity contribution in [1.29, 1.82) is 0 Å². The van der Waals surface area contributed by atoms with Gasteiger partial charge in [-0.25, -0.2) is 13.2 Å². The van der Waals surface area contributed by atoms with E-state index in [1.165, 1.54) is 36.4 Å². The normalized spacial score (nSPS) is 18.9. The second-order valence-corrected chi connectivity index (χ2v) is 14.9. The van der Waals surface area contributed by atoms with Gasteiger partial charge in [0.25, 0.3) is 0 Å². The summed E-state index contributed by atoms with van der Waals surface area (Å²) >= 11 is 6.00. The van der Waals surface area contributed by atoms with Gasteiger partial charge in [0.2, 0.25) is 17.3 Å². The minimum atomic E-state index is -5.39. The van der Waals surface area contributed by atoms with Gasteiger partial charge in [0.05, 0.1) is 6.04 Å². The van der Waals surface area contributed by atoms with Crippen molar-refractivity contribution in [2.45, 2.75) is 101 Å². The molecule has 5 atom stereocenters. The van der Waals surface area contributed by atoms with Crippen molar-refractivity contribution in [1.82, 2.24) is 16.0 Å². The summed E-state index contributed by atoms with van der Waals surface area (Å²) in [6.45, 7) is 1.91. The van der Waals surface area contributed by atoms with E-state index in [0.29, 0.717) is 12.8 Å². The topological polar surface area (TPSA) is 180 Å². The van der Waals surface area contributed by atoms with Crippen LogP contribution >= 0.6 is 11.6 Å². The van der Waals surface area contributed by atoms with Gasteiger partial charge in [-0.15, -0.1) is 0 Å². The number of carbonyl (C=O) groups is 4. The van der Waals surface area contributed by atoms with Gasteiger partial charge >= 0.3 is 47.5 Å². The number of alkyl carbamates (subject to hydrolysis) is 1. The fourth-order valence-electron chi connectivity index (χ4n) is 6.53. The molecule has 1 aliphatic carbocycles. The number of halogens is 3. The van der Waals surface area contributed by atoms with E-state index in [1.54, 1.807) is 13.0 Å². The monoisotopic (exact) mass is 777 g/mol. The van der Waals surface area contributed by atoms with Crippen LogP contribution in [0.3, 0.4) is 0 Å². The Kier molecular flexibility index (Phi) is 16.8. The van der Waals surface area contributed by atoms with Crippen molar-refractivity contribution in [3.63, 3.8) is 0 Å². The number of hydrogen-bond donors (Lipinski definition) is 3. The zero-order chi connectivity index (χ0) is 37.2. The van der Waals surface area contributed by atoms with E-state index < -0.39 is 75.0 Å². The third kappa shape index (κ3) is 12.4. The minimum absolute atomic E-state index is 0. The van der Waals surface area contributed by atoms with Crippen LogP contribution < -0.4 is 45.5 Å². The molecule has 1 saturated heterocycles. The number of ether oxygens (including phenoxy) is 2. The van der Waals surface area contributed by atoms with Crippen molar-refractivity contribution < 1.29 is 80.0 Å². The molecule has 3 N–H and O–H groups in total. The average Bonchev–Trinajstić information content (AvgIpc) is 3.49. The maximum atomic E-state index is 16.1. The van der Waals surface area contributed by atoms with Gasteiger partial charge in [0.1, 0.15) is 16.2 Å². The Morgan fingerprint density at radius 3 is 2.29 bits per heavy atom. The minimum Gasteiger partial charge on any atom is -0.745 e. The first kappa shape index (κ1) is 43.6. The molecule has 12 nitrogen and oxygen atoms in total. The smallest absolute Gasteiger partial charge is 0.745 e. The van der Waals surface area contributed by atoms with Crippen LogP contribution in [0.25, 0.3) is 0 Å². The van der Waals surface area contributed by atoms with Gasteiger partial charge in [-0.1, -0.05) is 93.1 Å². The van der Waals surface area contributed by atoms with Gasteiger partial charge in [0, 0.05) is 29.5 Å². The Bertz CT molecular complexity index is 1630. The van der Waals surface area contributed by atoms with Gasteiger partial charge in [-0.3, -0.25) is 14.4 Å². The van der Waals surface area contributed by atoms with E-state index >= 15 is 8.78 Å². The van der Waals surface area contributed by atoms with Gasteiger partial charge in [-0.05, 0) is 49.3 Å². The van der Waals surface area contributed by atoms with Crippen molar-refractivity contribution in [2.75, 3.05) is 6.54 Å². The molecule has 17 heteroatoms. The Balaban J connectivity index is 0.00000729. The fourth-order valence-corrected chi connectivity index (χ4v) is 7.53. The molecule has 0 aromatic heterocycles. The quantitative estimate of drug-likeness (QED) is 0.131. The predicted molar refractivity (Wildman–Crippen MR) is 181 cm³/mol. The Morgan fingerprint density at radius 1 is 1.00 bits per heavy atom. The van der Waals surface area contributed by atoms with Crippen LogP contribution in [0.15, 0.2) is 54.6 Å². The van der Waals surface area contributed by atoms with Crippen LogP contribution in [0.5, 0.6) is 0 Å². The molecule has 2 aromatic rings. The summed E-state index contributed by atoms with van der Waals surface area (Å²) in [7, 11) is -5.39. The van der Waals surface area contributed by atoms with E-state index in [9.17, 15) is 32.1 Å². The van der Waals surface area contributed by atoms with E-state index in [0.717, 1.165) is 31.4 Å². The molecule has 2 aliphatic rings. The summed E-state index contributed by atoms with van der Waals surface area (Å²) in [5, 5.41) is 7.49. The van der Waals surface area contributed by atoms with Crippen molar-refractivity contribution in [2.24, 2.45) is 11.8 Å². The maximum absolute atomic E-state index is 16.1. The second kappa shape index (κ2) is 20.0. The molecule has 4 rings (SSSR count). The number of nitrogens with one attached hydrogen (secondary N) is 3. The molecule has 3 amide bonds. The van der Waals surface area contributed by atoms with Crippen molar-refractivity contribution >= 4 is 45.6 Å². The van der Waals surface area contributed by atoms with E-state index in [2.05, 4.69) is 16.0 Å². The molecule has 1 aliphatic heterocycles. The molecular weight excluding hydrogens is 735 g/mol. The summed E-state index contributed by atoms with van der Waals surface area (Å²) < 4.78 is 79.9. The standard InChI is InChI=1S/C35H44ClF2N3O9S.Na/c1-2-10-29(42)49-33(51(46,47)48)28(20-24-17-18-39-31(24)43)40-32(44)27(19-22-11-5-3-6-12-22)41-34(45)50-30(23-13-7-4-8-14-23)35(37,38)25-15-9-16-26(36)21-25;/h4,7-9,13-16,21-22,24,27-28,30,33H,2-3,5-6,10-12,17-20H2,1H3,(H,39,43)(H,40,44)(H,41,45)(H,46,47,48);/q;+1/p-1/t24-,27-,28-,30-,33?;/m0./s1. The van der Waals surface area contributed by atoms with Gasteiger partial charge in [-0.2, -0.15) is 8.78 Å². The summed E-state index contributed by atoms with van der Waals surface area (Å²) in [5.74, 6) is -7.09. The van der Waals surface area contributed by atoms with Gasteiger partial charge in [0.15, 0.2) is 6.10 Å². The average molecular weight is 778 g/mol. The second-order valence-electron chi connectivity index (χ2n) is 13.0. The zero-order valence-corrected chi connectivity index (χ0v) is 32.7. The zero-order valence-electron chi connectivity index (χ0n) is 29.2. The third-order valence-corrected chi connectivity index (χ3v) is 10.3. The van der Waals surface area contributed by atoms with E-state index in [1.807, 2.05) is 0 Å². The molecular formula is C35H43ClF2N3NaO9S. The molecule has 1 heterocycles. The van der Waals surface area contributed by atoms with Gasteiger partial charge < -0.3 is 30.0 Å². The first-order chi connectivity index (χ1) is 24.2. The molecule has 2 fully saturated rings. The van der Waals surface area contributed by atoms with E-state index in [-0.39, 0.29) is 84.7 Å². The molecule has 52 heavy (non-hydrogen) atoms. The SMILES string of the molecule is CCCC(=O)OC([C@H](C[C@@H]1CCNC1=O)NC(=O)[C@H](CC1CCCCC1)NC(=O)O[C@@H](c1ccccc1)C(F)(F)c1cccc(Cl)c1)S(=O)(=O)[O-].[Na+]. The van der Waals surface area contributed by atoms with Crippen LogP contribution in [-0.4, -0.2) is 60.9 Å². The number of benzene rings is 2. The first-order valence-corrected chi connectivity index (χ1v) is 18.9. The summed E-state index contributed by atoms with van der Waals surface area (Å²) in [6, 6.07) is 9.13. The number of hydrogen-bond acceptors (Lipinski definition) is 9. The molecule has 1 saturated carbocycles. The molecule has 0 radical (unpaired) electrons. The van der Waals surface area contributed by atoms with Crippen LogP contribution in [0.2, 0.25) is 5.02 Å². The Labute approximate surface area is 329 Å². The van der Waals surface area contributed by atoms with Crippen LogP contribution in [-0.2, 0) is 39.9 Å². The van der Waals surface area contributed by atoms with E-state index in [4.69, 9.17) is 21.1 Å². The summed E-state index contributed by atoms with van der Waals surface area (Å²) in [6.07, 6.45) is 0.565. The molecule has 0 bridgehead atoms. The number of carbonyl (C=O) groups excluding carboxylic acids is 4. The summed E-state index contributed by atoms with van der Waals surface area (Å²) in [4.78, 5) is 52.3. The third-order valence-electron chi connectivity index (χ3n) is 9.11. The Hall–Kier alpha value is -2.82. The van der Waals surface area contributed by atoms with Crippen molar-refractivity contribution in [3.05, 3.63) is 70.7 Å². The fraction of sp³-hybridized carbons (Fsp3) is 0.543. The van der Waals surface area contributed by atoms with Crippen LogP contribution in [0, 0.1) is 11.8 Å². The van der Waals surface area contributed by atoms with Crippen molar-refractivity contribution in [3.8, 4) is 0 Å². The number of rotatable bonds is 16. The Morgan fingerprint density at radius 2 is 1.69 bits per heavy atom. The molecule has 0 spiro atoms. The van der Waals surface area contributed by atoms with Crippen LogP contribution in [0.4, 0.5) is 13.6 Å². The number of amides is 3. The maximum Gasteiger partial charge on any atom is 1.00 e. The number of esters is 1. The first-order valence-electron chi connectivity index (χ1n) is 17.1. The largest absolute Gasteiger partial charge is 1.00 e. The summed E-state index contributed by atoms with van der Waals surface area (Å²) in [5.41, 5.74) is -2.94. The molecule has 2 aromatic carbocycles. The number of alkyl halides is 2. The molecule has 1 unspecified atom stereocenters. The predicted octanol–water partition coefficient (Wildman–Crippen LogP) is 2.47. The molecule has 280 valence electrons. The van der Waals surface area contributed by atoms with Crippen LogP contribution in [0.1, 0.15) is 88.4 Å².